The molecular weight excluding hydrogens is 472 g/mol. The van der Waals surface area contributed by atoms with Crippen LogP contribution in [0.5, 0.6) is 5.75 Å². The van der Waals surface area contributed by atoms with Gasteiger partial charge in [0.1, 0.15) is 12.4 Å². The highest BCUT2D eigenvalue weighted by Gasteiger charge is 2.54. The van der Waals surface area contributed by atoms with E-state index in [0.29, 0.717) is 32.7 Å². The van der Waals surface area contributed by atoms with E-state index in [9.17, 15) is 14.4 Å². The SMILES string of the molecule is CCOC(=O)NC(=O)N1CCC2=C(NC3C=CC(C(C)=O)=CC23)C12CCN(CCOc1ccccc1)C2. The monoisotopic (exact) mass is 506 g/mol. The van der Waals surface area contributed by atoms with Crippen molar-refractivity contribution in [2.45, 2.75) is 38.3 Å². The highest BCUT2D eigenvalue weighted by atomic mass is 16.5. The number of urea groups is 1. The number of alkyl carbamates (subject to hydrolysis) is 1. The van der Waals surface area contributed by atoms with Crippen molar-refractivity contribution in [1.82, 2.24) is 20.4 Å². The van der Waals surface area contributed by atoms with E-state index in [-0.39, 0.29) is 24.3 Å². The van der Waals surface area contributed by atoms with E-state index in [4.69, 9.17) is 9.47 Å². The Morgan fingerprint density at radius 3 is 2.76 bits per heavy atom. The quantitative estimate of drug-likeness (QED) is 0.612. The minimum absolute atomic E-state index is 0.0495. The Morgan fingerprint density at radius 1 is 1.19 bits per heavy atom. The van der Waals surface area contributed by atoms with Crippen molar-refractivity contribution in [3.8, 4) is 5.75 Å². The Kier molecular flexibility index (Phi) is 7.06. The highest BCUT2D eigenvalue weighted by molar-refractivity contribution is 5.96. The number of ketones is 1. The lowest BCUT2D eigenvalue weighted by Crippen LogP contribution is -2.62. The zero-order valence-electron chi connectivity index (χ0n) is 21.4. The van der Waals surface area contributed by atoms with Crippen LogP contribution in [0, 0.1) is 5.92 Å². The summed E-state index contributed by atoms with van der Waals surface area (Å²) in [5.41, 5.74) is 2.41. The molecule has 0 saturated carbocycles. The Hall–Kier alpha value is -3.59. The summed E-state index contributed by atoms with van der Waals surface area (Å²) in [5, 5.41) is 6.10. The van der Waals surface area contributed by atoms with Crippen LogP contribution in [0.1, 0.15) is 26.7 Å². The third-order valence-electron chi connectivity index (χ3n) is 7.73. The zero-order valence-corrected chi connectivity index (χ0v) is 21.4. The summed E-state index contributed by atoms with van der Waals surface area (Å²) in [7, 11) is 0. The van der Waals surface area contributed by atoms with Crippen LogP contribution in [-0.2, 0) is 9.53 Å². The van der Waals surface area contributed by atoms with Gasteiger partial charge in [0.15, 0.2) is 5.78 Å². The van der Waals surface area contributed by atoms with E-state index in [1.807, 2.05) is 36.4 Å². The fraction of sp³-hybridized carbons (Fsp3) is 0.464. The second-order valence-electron chi connectivity index (χ2n) is 9.90. The molecule has 3 atom stereocenters. The molecule has 0 bridgehead atoms. The number of nitrogens with one attached hydrogen (secondary N) is 2. The summed E-state index contributed by atoms with van der Waals surface area (Å²) in [4.78, 5) is 41.6. The largest absolute Gasteiger partial charge is 0.492 e. The van der Waals surface area contributed by atoms with Crippen LogP contribution in [0.3, 0.4) is 0 Å². The van der Waals surface area contributed by atoms with Crippen molar-refractivity contribution in [1.29, 1.82) is 0 Å². The van der Waals surface area contributed by atoms with Crippen LogP contribution in [0.25, 0.3) is 0 Å². The predicted molar refractivity (Wildman–Crippen MR) is 138 cm³/mol. The highest BCUT2D eigenvalue weighted by Crippen LogP contribution is 2.47. The number of hydrogen-bond acceptors (Lipinski definition) is 7. The maximum Gasteiger partial charge on any atom is 0.415 e. The van der Waals surface area contributed by atoms with Crippen molar-refractivity contribution in [2.75, 3.05) is 39.4 Å². The molecule has 1 spiro atoms. The van der Waals surface area contributed by atoms with Gasteiger partial charge in [-0.15, -0.1) is 0 Å². The minimum Gasteiger partial charge on any atom is -0.492 e. The van der Waals surface area contributed by atoms with Crippen LogP contribution in [0.4, 0.5) is 9.59 Å². The molecule has 9 nitrogen and oxygen atoms in total. The lowest BCUT2D eigenvalue weighted by Gasteiger charge is -2.45. The summed E-state index contributed by atoms with van der Waals surface area (Å²) in [5.74, 6) is 0.965. The van der Waals surface area contributed by atoms with Crippen molar-refractivity contribution in [2.24, 2.45) is 5.92 Å². The van der Waals surface area contributed by atoms with Gasteiger partial charge in [-0.2, -0.15) is 0 Å². The number of nitrogens with zero attached hydrogens (tertiary/aromatic N) is 2. The van der Waals surface area contributed by atoms with Crippen LogP contribution < -0.4 is 15.4 Å². The number of imide groups is 1. The molecule has 1 fully saturated rings. The number of rotatable bonds is 6. The fourth-order valence-electron chi connectivity index (χ4n) is 6.02. The van der Waals surface area contributed by atoms with Crippen LogP contribution in [-0.4, -0.2) is 78.7 Å². The first-order valence-corrected chi connectivity index (χ1v) is 13.0. The summed E-state index contributed by atoms with van der Waals surface area (Å²) in [6, 6.07) is 9.33. The van der Waals surface area contributed by atoms with Crippen molar-refractivity contribution in [3.05, 3.63) is 65.4 Å². The zero-order chi connectivity index (χ0) is 26.0. The number of carbonyl (C=O) groups is 3. The van der Waals surface area contributed by atoms with E-state index in [0.717, 1.165) is 30.0 Å². The molecule has 1 aliphatic carbocycles. The Morgan fingerprint density at radius 2 is 2.00 bits per heavy atom. The Balaban J connectivity index is 1.39. The molecule has 1 aromatic carbocycles. The van der Waals surface area contributed by atoms with E-state index in [1.165, 1.54) is 5.57 Å². The summed E-state index contributed by atoms with van der Waals surface area (Å²) < 4.78 is 10.9. The molecule has 9 heteroatoms. The summed E-state index contributed by atoms with van der Waals surface area (Å²) in [6.45, 7) is 6.63. The average Bonchev–Trinajstić information content (AvgIpc) is 3.47. The van der Waals surface area contributed by atoms with Crippen LogP contribution in [0.15, 0.2) is 65.4 Å². The van der Waals surface area contributed by atoms with Gasteiger partial charge < -0.3 is 19.7 Å². The van der Waals surface area contributed by atoms with Gasteiger partial charge in [-0.25, -0.2) is 14.9 Å². The summed E-state index contributed by atoms with van der Waals surface area (Å²) in [6.07, 6.45) is 6.66. The van der Waals surface area contributed by atoms with Gasteiger partial charge in [0.25, 0.3) is 0 Å². The third-order valence-corrected chi connectivity index (χ3v) is 7.73. The van der Waals surface area contributed by atoms with Crippen LogP contribution >= 0.6 is 0 Å². The Bertz CT molecular complexity index is 1160. The van der Waals surface area contributed by atoms with Gasteiger partial charge in [-0.05, 0) is 44.4 Å². The number of allylic oxidation sites excluding steroid dienone is 2. The van der Waals surface area contributed by atoms with Crippen molar-refractivity contribution < 1.29 is 23.9 Å². The van der Waals surface area contributed by atoms with Gasteiger partial charge in [-0.1, -0.05) is 36.4 Å². The van der Waals surface area contributed by atoms with Gasteiger partial charge in [-0.3, -0.25) is 9.69 Å². The van der Waals surface area contributed by atoms with E-state index < -0.39 is 17.7 Å². The van der Waals surface area contributed by atoms with Gasteiger partial charge in [0.05, 0.1) is 18.2 Å². The fourth-order valence-corrected chi connectivity index (χ4v) is 6.02. The predicted octanol–water partition coefficient (Wildman–Crippen LogP) is 3.01. The first kappa shape index (κ1) is 25.1. The molecule has 5 rings (SSSR count). The van der Waals surface area contributed by atoms with Gasteiger partial charge in [0.2, 0.25) is 0 Å². The molecule has 3 heterocycles. The third kappa shape index (κ3) is 4.87. The summed E-state index contributed by atoms with van der Waals surface area (Å²) >= 11 is 0. The molecule has 37 heavy (non-hydrogen) atoms. The lowest BCUT2D eigenvalue weighted by atomic mass is 9.79. The van der Waals surface area contributed by atoms with E-state index >= 15 is 0 Å². The number of Topliss-reactive ketones (excluding diaryl/α,β-unsaturated/α-hetero) is 1. The van der Waals surface area contributed by atoms with E-state index in [1.54, 1.807) is 18.7 Å². The van der Waals surface area contributed by atoms with Gasteiger partial charge in [0, 0.05) is 43.4 Å². The van der Waals surface area contributed by atoms with Crippen LogP contribution in [0.2, 0.25) is 0 Å². The lowest BCUT2D eigenvalue weighted by molar-refractivity contribution is -0.113. The molecular formula is C28H34N4O5. The molecule has 196 valence electrons. The molecule has 3 aliphatic heterocycles. The molecule has 1 aromatic rings. The number of amides is 3. The number of carbonyl (C=O) groups excluding carboxylic acids is 3. The standard InChI is InChI=1S/C28H34N4O5/c1-3-36-27(35)30-26(34)32-13-11-22-23-17-20(19(2)33)9-10-24(23)29-25(22)28(32)12-14-31(18-28)15-16-37-21-7-5-4-6-8-21/h4-10,17,23-24,29H,3,11-16,18H2,1-2H3,(H,30,34,35). The molecule has 0 aromatic heterocycles. The number of ether oxygens (including phenoxy) is 2. The van der Waals surface area contributed by atoms with E-state index in [2.05, 4.69) is 27.7 Å². The molecule has 2 N–H and O–H groups in total. The second-order valence-corrected chi connectivity index (χ2v) is 9.90. The number of likely N-dealkylation sites (tertiary alicyclic amines) is 1. The molecule has 4 aliphatic rings. The second kappa shape index (κ2) is 10.4. The first-order valence-electron chi connectivity index (χ1n) is 13.0. The smallest absolute Gasteiger partial charge is 0.415 e. The number of fused-ring (bicyclic) bond motifs is 3. The topological polar surface area (TPSA) is 100 Å². The maximum atomic E-state index is 13.3. The molecule has 3 amide bonds. The van der Waals surface area contributed by atoms with Crippen molar-refractivity contribution in [3.63, 3.8) is 0 Å². The number of benzene rings is 1. The normalized spacial score (nSPS) is 26.3. The minimum atomic E-state index is -0.737. The average molecular weight is 507 g/mol. The molecule has 3 unspecified atom stereocenters. The first-order chi connectivity index (χ1) is 17.9. The maximum absolute atomic E-state index is 13.3. The van der Waals surface area contributed by atoms with Gasteiger partial charge >= 0.3 is 12.1 Å². The molecule has 0 radical (unpaired) electrons. The van der Waals surface area contributed by atoms with Crippen molar-refractivity contribution >= 4 is 17.9 Å². The number of para-hydroxylation sites is 1. The Labute approximate surface area is 217 Å². The molecule has 1 saturated heterocycles. The number of hydrogen-bond donors (Lipinski definition) is 2.